The number of para-hydroxylation sites is 4. The normalized spacial score (nSPS) is 12.7. The maximum absolute atomic E-state index is 6.36. The molecule has 242 valence electrons. The van der Waals surface area contributed by atoms with Gasteiger partial charge in [0.25, 0.3) is 0 Å². The summed E-state index contributed by atoms with van der Waals surface area (Å²) in [4.78, 5) is 0. The highest BCUT2D eigenvalue weighted by Gasteiger charge is 2.16. The topological polar surface area (TPSA) is 49.0 Å². The molecule has 0 amide bonds. The zero-order valence-corrected chi connectivity index (χ0v) is 28.0. The van der Waals surface area contributed by atoms with Gasteiger partial charge < -0.3 is 19.3 Å². The predicted molar refractivity (Wildman–Crippen MR) is 215 cm³/mol. The highest BCUT2D eigenvalue weighted by molar-refractivity contribution is 6.12. The summed E-state index contributed by atoms with van der Waals surface area (Å²) in [6.45, 7) is 2.15. The van der Waals surface area contributed by atoms with Crippen LogP contribution >= 0.6 is 0 Å². The van der Waals surface area contributed by atoms with Gasteiger partial charge in [0, 0.05) is 49.9 Å². The van der Waals surface area contributed by atoms with Gasteiger partial charge >= 0.3 is 0 Å². The molecule has 0 saturated carbocycles. The van der Waals surface area contributed by atoms with Crippen LogP contribution in [0.4, 0.5) is 0 Å². The minimum atomic E-state index is 0.870. The Morgan fingerprint density at radius 2 is 1.00 bits per heavy atom. The third-order valence-corrected chi connectivity index (χ3v) is 10.3. The molecule has 3 aromatic heterocycles. The largest absolute Gasteiger partial charge is 0.456 e. The van der Waals surface area contributed by atoms with Crippen molar-refractivity contribution in [2.75, 3.05) is 0 Å². The van der Waals surface area contributed by atoms with E-state index in [2.05, 4.69) is 180 Å². The SMILES string of the molecule is C/C(=C\C(=C/N)c1ccc2c3ccccc3n(-c3ccccc3)c2c1)c1ccc2oc3ccc(-n4c5ccccc5c5ccccc54)cc3c2c1. The fourth-order valence-electron chi connectivity index (χ4n) is 7.90. The number of allylic oxidation sites excluding steroid dienone is 3. The second-order valence-corrected chi connectivity index (χ2v) is 13.2. The summed E-state index contributed by atoms with van der Waals surface area (Å²) in [6.07, 6.45) is 3.90. The van der Waals surface area contributed by atoms with Gasteiger partial charge in [-0.3, -0.25) is 0 Å². The van der Waals surface area contributed by atoms with Gasteiger partial charge in [0.1, 0.15) is 11.2 Å². The molecule has 0 radical (unpaired) electrons. The molecular formula is C47H33N3O. The molecule has 0 unspecified atom stereocenters. The maximum atomic E-state index is 6.36. The Bertz CT molecular complexity index is 2990. The number of benzene rings is 7. The molecule has 0 spiro atoms. The number of aromatic nitrogens is 2. The summed E-state index contributed by atoms with van der Waals surface area (Å²) in [5.41, 5.74) is 19.3. The number of hydrogen-bond donors (Lipinski definition) is 1. The molecule has 7 aromatic carbocycles. The van der Waals surface area contributed by atoms with E-state index in [-0.39, 0.29) is 0 Å². The van der Waals surface area contributed by atoms with E-state index in [9.17, 15) is 0 Å². The highest BCUT2D eigenvalue weighted by Crippen LogP contribution is 2.38. The molecule has 10 rings (SSSR count). The van der Waals surface area contributed by atoms with Crippen LogP contribution in [0, 0.1) is 0 Å². The highest BCUT2D eigenvalue weighted by atomic mass is 16.3. The quantitative estimate of drug-likeness (QED) is 0.188. The zero-order chi connectivity index (χ0) is 34.1. The van der Waals surface area contributed by atoms with Gasteiger partial charge in [-0.15, -0.1) is 0 Å². The molecule has 2 N–H and O–H groups in total. The van der Waals surface area contributed by atoms with Crippen molar-refractivity contribution < 1.29 is 4.42 Å². The molecule has 0 fully saturated rings. The lowest BCUT2D eigenvalue weighted by Gasteiger charge is -2.10. The molecule has 51 heavy (non-hydrogen) atoms. The van der Waals surface area contributed by atoms with Crippen LogP contribution in [0.5, 0.6) is 0 Å². The van der Waals surface area contributed by atoms with Crippen LogP contribution in [-0.4, -0.2) is 9.13 Å². The maximum Gasteiger partial charge on any atom is 0.135 e. The van der Waals surface area contributed by atoms with E-state index in [0.717, 1.165) is 61.1 Å². The number of furan rings is 1. The van der Waals surface area contributed by atoms with Gasteiger partial charge in [0.2, 0.25) is 0 Å². The standard InChI is InChI=1S/C47H33N3O/c1-30(25-33(29-48)32-19-22-39-38-15-7-8-16-42(38)49(45(39)27-32)34-11-3-2-4-12-34)31-20-23-46-40(26-31)41-28-35(21-24-47(41)51-46)50-43-17-9-5-13-36(43)37-14-6-10-18-44(37)50/h2-29H,48H2,1H3/b30-25+,33-29+. The minimum absolute atomic E-state index is 0.870. The van der Waals surface area contributed by atoms with E-state index < -0.39 is 0 Å². The van der Waals surface area contributed by atoms with Crippen LogP contribution < -0.4 is 5.73 Å². The number of rotatable bonds is 5. The summed E-state index contributed by atoms with van der Waals surface area (Å²) in [5, 5.41) is 7.12. The molecule has 4 nitrogen and oxygen atoms in total. The van der Waals surface area contributed by atoms with Crippen molar-refractivity contribution in [2.45, 2.75) is 6.92 Å². The Hall–Kier alpha value is -6.78. The second-order valence-electron chi connectivity index (χ2n) is 13.2. The Morgan fingerprint density at radius 3 is 1.65 bits per heavy atom. The Labute approximate surface area is 294 Å². The third-order valence-electron chi connectivity index (χ3n) is 10.3. The Balaban J connectivity index is 1.07. The fourth-order valence-corrected chi connectivity index (χ4v) is 7.90. The van der Waals surface area contributed by atoms with E-state index in [1.165, 1.54) is 38.1 Å². The van der Waals surface area contributed by atoms with Crippen LogP contribution in [0.1, 0.15) is 18.1 Å². The van der Waals surface area contributed by atoms with Crippen LogP contribution in [0.15, 0.2) is 174 Å². The Kier molecular flexibility index (Phi) is 6.52. The van der Waals surface area contributed by atoms with E-state index in [1.54, 1.807) is 6.20 Å². The minimum Gasteiger partial charge on any atom is -0.456 e. The van der Waals surface area contributed by atoms with Crippen molar-refractivity contribution >= 4 is 76.7 Å². The van der Waals surface area contributed by atoms with Crippen LogP contribution in [0.3, 0.4) is 0 Å². The van der Waals surface area contributed by atoms with Gasteiger partial charge in [-0.05, 0) is 102 Å². The molecule has 0 aliphatic heterocycles. The molecule has 4 heteroatoms. The van der Waals surface area contributed by atoms with Crippen LogP contribution in [-0.2, 0) is 0 Å². The first-order valence-corrected chi connectivity index (χ1v) is 17.3. The fraction of sp³-hybridized carbons (Fsp3) is 0.0213. The monoisotopic (exact) mass is 655 g/mol. The van der Waals surface area contributed by atoms with Crippen molar-refractivity contribution in [3.05, 3.63) is 181 Å². The molecule has 10 aromatic rings. The molecule has 0 atom stereocenters. The molecule has 0 aliphatic rings. The second kappa shape index (κ2) is 11.4. The summed E-state index contributed by atoms with van der Waals surface area (Å²) < 4.78 is 11.0. The van der Waals surface area contributed by atoms with E-state index in [0.29, 0.717) is 0 Å². The first kappa shape index (κ1) is 29.2. The lowest BCUT2D eigenvalue weighted by Crippen LogP contribution is -1.94. The molecule has 0 bridgehead atoms. The first-order valence-electron chi connectivity index (χ1n) is 17.3. The van der Waals surface area contributed by atoms with Crippen molar-refractivity contribution in [1.82, 2.24) is 9.13 Å². The van der Waals surface area contributed by atoms with E-state index >= 15 is 0 Å². The smallest absolute Gasteiger partial charge is 0.135 e. The number of fused-ring (bicyclic) bond motifs is 9. The number of nitrogens with zero attached hydrogens (tertiary/aromatic N) is 2. The van der Waals surface area contributed by atoms with Gasteiger partial charge in [-0.25, -0.2) is 0 Å². The third kappa shape index (κ3) is 4.54. The van der Waals surface area contributed by atoms with Crippen molar-refractivity contribution in [2.24, 2.45) is 5.73 Å². The molecule has 3 heterocycles. The summed E-state index contributed by atoms with van der Waals surface area (Å²) in [5.74, 6) is 0. The lowest BCUT2D eigenvalue weighted by molar-refractivity contribution is 0.669. The van der Waals surface area contributed by atoms with Gasteiger partial charge in [-0.2, -0.15) is 0 Å². The average molecular weight is 656 g/mol. The molecule has 0 saturated heterocycles. The van der Waals surface area contributed by atoms with E-state index in [1.807, 2.05) is 0 Å². The molecular weight excluding hydrogens is 623 g/mol. The molecule has 0 aliphatic carbocycles. The van der Waals surface area contributed by atoms with Gasteiger partial charge in [-0.1, -0.05) is 91.0 Å². The van der Waals surface area contributed by atoms with Crippen LogP contribution in [0.25, 0.3) is 88.1 Å². The predicted octanol–water partition coefficient (Wildman–Crippen LogP) is 12.2. The number of nitrogens with two attached hydrogens (primary N) is 1. The van der Waals surface area contributed by atoms with Gasteiger partial charge in [0.05, 0.1) is 22.1 Å². The van der Waals surface area contributed by atoms with E-state index in [4.69, 9.17) is 10.2 Å². The summed E-state index contributed by atoms with van der Waals surface area (Å²) in [6, 6.07) is 56.0. The van der Waals surface area contributed by atoms with Crippen molar-refractivity contribution in [3.63, 3.8) is 0 Å². The van der Waals surface area contributed by atoms with Crippen molar-refractivity contribution in [1.29, 1.82) is 0 Å². The average Bonchev–Trinajstić information content (AvgIpc) is 3.84. The lowest BCUT2D eigenvalue weighted by atomic mass is 9.98. The van der Waals surface area contributed by atoms with Gasteiger partial charge in [0.15, 0.2) is 0 Å². The van der Waals surface area contributed by atoms with Crippen molar-refractivity contribution in [3.8, 4) is 11.4 Å². The first-order chi connectivity index (χ1) is 25.2. The summed E-state index contributed by atoms with van der Waals surface area (Å²) in [7, 11) is 0. The number of hydrogen-bond acceptors (Lipinski definition) is 2. The Morgan fingerprint density at radius 1 is 0.471 bits per heavy atom. The summed E-state index contributed by atoms with van der Waals surface area (Å²) >= 11 is 0. The zero-order valence-electron chi connectivity index (χ0n) is 28.0. The van der Waals surface area contributed by atoms with Crippen LogP contribution in [0.2, 0.25) is 0 Å².